The number of thioether (sulfide) groups is 1. The number of ether oxygens (including phenoxy) is 1. The molecule has 3 aromatic carbocycles. The molecule has 1 saturated heterocycles. The maximum absolute atomic E-state index is 12.7. The van der Waals surface area contributed by atoms with Crippen molar-refractivity contribution >= 4 is 46.2 Å². The number of hydrogen-bond donors (Lipinski definition) is 1. The lowest BCUT2D eigenvalue weighted by molar-refractivity contribution is -0.123. The second-order valence-electron chi connectivity index (χ2n) is 6.67. The molecule has 0 spiro atoms. The van der Waals surface area contributed by atoms with E-state index in [2.05, 4.69) is 5.43 Å². The van der Waals surface area contributed by atoms with Gasteiger partial charge in [-0.05, 0) is 53.7 Å². The third-order valence-corrected chi connectivity index (χ3v) is 5.77. The number of carbonyl (C=O) groups excluding carboxylic acids is 2. The van der Waals surface area contributed by atoms with E-state index in [4.69, 9.17) is 17.0 Å². The van der Waals surface area contributed by atoms with Crippen LogP contribution in [0.4, 0.5) is 0 Å². The van der Waals surface area contributed by atoms with Crippen LogP contribution in [0.2, 0.25) is 0 Å². The molecule has 3 aromatic rings. The minimum absolute atomic E-state index is 0.281. The predicted octanol–water partition coefficient (Wildman–Crippen LogP) is 4.81. The van der Waals surface area contributed by atoms with Crippen LogP contribution in [0, 0.1) is 0 Å². The van der Waals surface area contributed by atoms with Gasteiger partial charge in [-0.1, -0.05) is 72.4 Å². The largest absolute Gasteiger partial charge is 0.489 e. The number of nitrogens with one attached hydrogen (secondary N) is 1. The first-order chi connectivity index (χ1) is 15.1. The molecule has 1 aliphatic heterocycles. The smallest absolute Gasteiger partial charge is 0.285 e. The number of hydrogen-bond acceptors (Lipinski definition) is 5. The highest BCUT2D eigenvalue weighted by Gasteiger charge is 2.33. The molecule has 1 aliphatic rings. The van der Waals surface area contributed by atoms with Crippen LogP contribution in [0.5, 0.6) is 5.75 Å². The Balaban J connectivity index is 1.40. The van der Waals surface area contributed by atoms with Crippen molar-refractivity contribution in [3.63, 3.8) is 0 Å². The van der Waals surface area contributed by atoms with Crippen LogP contribution < -0.4 is 10.2 Å². The Hall–Kier alpha value is -3.42. The fourth-order valence-corrected chi connectivity index (χ4v) is 4.05. The van der Waals surface area contributed by atoms with E-state index in [0.717, 1.165) is 33.6 Å². The number of benzene rings is 3. The van der Waals surface area contributed by atoms with E-state index in [9.17, 15) is 9.59 Å². The van der Waals surface area contributed by atoms with Crippen molar-refractivity contribution in [2.24, 2.45) is 0 Å². The third-order valence-electron chi connectivity index (χ3n) is 4.47. The van der Waals surface area contributed by atoms with Crippen molar-refractivity contribution < 1.29 is 14.3 Å². The van der Waals surface area contributed by atoms with Gasteiger partial charge in [0, 0.05) is 5.56 Å². The maximum Gasteiger partial charge on any atom is 0.285 e. The molecule has 0 unspecified atom stereocenters. The van der Waals surface area contributed by atoms with Crippen molar-refractivity contribution in [3.8, 4) is 5.75 Å². The summed E-state index contributed by atoms with van der Waals surface area (Å²) < 4.78 is 6.07. The molecule has 0 radical (unpaired) electrons. The summed E-state index contributed by atoms with van der Waals surface area (Å²) in [6.45, 7) is 0.486. The van der Waals surface area contributed by atoms with Crippen LogP contribution >= 0.6 is 24.0 Å². The van der Waals surface area contributed by atoms with Crippen LogP contribution in [-0.4, -0.2) is 21.1 Å². The highest BCUT2D eigenvalue weighted by molar-refractivity contribution is 8.26. The lowest BCUT2D eigenvalue weighted by atomic mass is 10.2. The van der Waals surface area contributed by atoms with Gasteiger partial charge in [-0.25, -0.2) is 0 Å². The molecule has 31 heavy (non-hydrogen) atoms. The molecule has 0 aromatic heterocycles. The summed E-state index contributed by atoms with van der Waals surface area (Å²) in [5.74, 6) is -0.00886. The zero-order chi connectivity index (χ0) is 21.6. The summed E-state index contributed by atoms with van der Waals surface area (Å²) in [7, 11) is 0. The van der Waals surface area contributed by atoms with Crippen LogP contribution in [-0.2, 0) is 11.4 Å². The van der Waals surface area contributed by atoms with E-state index in [1.54, 1.807) is 30.3 Å². The summed E-state index contributed by atoms with van der Waals surface area (Å²) in [5.41, 5.74) is 4.95. The third kappa shape index (κ3) is 5.20. The normalized spacial score (nSPS) is 14.7. The molecule has 0 bridgehead atoms. The van der Waals surface area contributed by atoms with Gasteiger partial charge in [-0.3, -0.25) is 15.0 Å². The Morgan fingerprint density at radius 2 is 1.61 bits per heavy atom. The molecular formula is C24H18N2O3S2. The lowest BCUT2D eigenvalue weighted by Gasteiger charge is -2.15. The number of nitrogens with zero attached hydrogens (tertiary/aromatic N) is 1. The molecular weight excluding hydrogens is 428 g/mol. The van der Waals surface area contributed by atoms with Crippen molar-refractivity contribution in [1.29, 1.82) is 0 Å². The molecule has 154 valence electrons. The minimum Gasteiger partial charge on any atom is -0.489 e. The summed E-state index contributed by atoms with van der Waals surface area (Å²) in [5, 5.41) is 1.11. The average molecular weight is 447 g/mol. The predicted molar refractivity (Wildman–Crippen MR) is 126 cm³/mol. The van der Waals surface area contributed by atoms with Crippen LogP contribution in [0.1, 0.15) is 21.5 Å². The van der Waals surface area contributed by atoms with E-state index < -0.39 is 5.91 Å². The standard InChI is InChI=1S/C24H18N2O3S2/c27-22(19-9-5-2-6-10-19)25-26-23(28)21(31-24(26)30)15-17-11-13-20(14-12-17)29-16-18-7-3-1-4-8-18/h1-15H,16H2,(H,25,27)/b21-15+. The Kier molecular flexibility index (Phi) is 6.45. The Morgan fingerprint density at radius 3 is 2.29 bits per heavy atom. The molecule has 1 N–H and O–H groups in total. The van der Waals surface area contributed by atoms with Crippen molar-refractivity contribution in [2.75, 3.05) is 0 Å². The monoisotopic (exact) mass is 446 g/mol. The second-order valence-corrected chi connectivity index (χ2v) is 8.34. The quantitative estimate of drug-likeness (QED) is 0.435. The Bertz CT molecular complexity index is 1130. The van der Waals surface area contributed by atoms with Crippen molar-refractivity contribution in [1.82, 2.24) is 10.4 Å². The number of carbonyl (C=O) groups is 2. The van der Waals surface area contributed by atoms with Crippen molar-refractivity contribution in [3.05, 3.63) is 107 Å². The summed E-state index contributed by atoms with van der Waals surface area (Å²) in [6.07, 6.45) is 1.74. The number of rotatable bonds is 6. The SMILES string of the molecule is O=C(NN1C(=O)/C(=C\c2ccc(OCc3ccccc3)cc2)SC1=S)c1ccccc1. The highest BCUT2D eigenvalue weighted by Crippen LogP contribution is 2.31. The zero-order valence-electron chi connectivity index (χ0n) is 16.4. The van der Waals surface area contributed by atoms with Crippen molar-refractivity contribution in [2.45, 2.75) is 6.61 Å². The van der Waals surface area contributed by atoms with Gasteiger partial charge in [-0.15, -0.1) is 0 Å². The minimum atomic E-state index is -0.391. The fraction of sp³-hybridized carbons (Fsp3) is 0.0417. The number of thiocarbonyl (C=S) groups is 1. The zero-order valence-corrected chi connectivity index (χ0v) is 18.0. The van der Waals surface area contributed by atoms with Crippen LogP contribution in [0.15, 0.2) is 89.8 Å². The van der Waals surface area contributed by atoms with Gasteiger partial charge >= 0.3 is 0 Å². The van der Waals surface area contributed by atoms with Gasteiger partial charge < -0.3 is 4.74 Å². The Morgan fingerprint density at radius 1 is 0.968 bits per heavy atom. The van der Waals surface area contributed by atoms with Gasteiger partial charge in [-0.2, -0.15) is 5.01 Å². The van der Waals surface area contributed by atoms with E-state index in [1.165, 1.54) is 0 Å². The summed E-state index contributed by atoms with van der Waals surface area (Å²) >= 11 is 6.42. The average Bonchev–Trinajstić information content (AvgIpc) is 3.07. The molecule has 4 rings (SSSR count). The fourth-order valence-electron chi connectivity index (χ4n) is 2.87. The first-order valence-corrected chi connectivity index (χ1v) is 10.7. The number of hydrazine groups is 1. The van der Waals surface area contributed by atoms with Gasteiger partial charge in [0.05, 0.1) is 4.91 Å². The molecule has 0 saturated carbocycles. The molecule has 7 heteroatoms. The molecule has 0 atom stereocenters. The molecule has 5 nitrogen and oxygen atoms in total. The maximum atomic E-state index is 12.7. The molecule has 1 heterocycles. The van der Waals surface area contributed by atoms with E-state index in [1.807, 2.05) is 60.7 Å². The van der Waals surface area contributed by atoms with E-state index in [-0.39, 0.29) is 10.2 Å². The number of amides is 2. The first-order valence-electron chi connectivity index (χ1n) is 9.51. The van der Waals surface area contributed by atoms with Crippen LogP contribution in [0.25, 0.3) is 6.08 Å². The molecule has 1 fully saturated rings. The van der Waals surface area contributed by atoms with Gasteiger partial charge in [0.15, 0.2) is 4.32 Å². The van der Waals surface area contributed by atoms with Gasteiger partial charge in [0.2, 0.25) is 0 Å². The van der Waals surface area contributed by atoms with E-state index >= 15 is 0 Å². The molecule has 0 aliphatic carbocycles. The molecule has 2 amide bonds. The Labute approximate surface area is 189 Å². The highest BCUT2D eigenvalue weighted by atomic mass is 32.2. The van der Waals surface area contributed by atoms with Gasteiger partial charge in [0.1, 0.15) is 12.4 Å². The topological polar surface area (TPSA) is 58.6 Å². The lowest BCUT2D eigenvalue weighted by Crippen LogP contribution is -2.44. The second kappa shape index (κ2) is 9.59. The van der Waals surface area contributed by atoms with Crippen LogP contribution in [0.3, 0.4) is 0 Å². The van der Waals surface area contributed by atoms with Gasteiger partial charge in [0.25, 0.3) is 11.8 Å². The van der Waals surface area contributed by atoms with E-state index in [0.29, 0.717) is 17.1 Å². The summed E-state index contributed by atoms with van der Waals surface area (Å²) in [4.78, 5) is 25.5. The first kappa shape index (κ1) is 20.8. The summed E-state index contributed by atoms with van der Waals surface area (Å²) in [6, 6.07) is 26.0.